The van der Waals surface area contributed by atoms with Crippen molar-refractivity contribution < 1.29 is 13.9 Å². The highest BCUT2D eigenvalue weighted by atomic mass is 19.1. The van der Waals surface area contributed by atoms with E-state index < -0.39 is 11.8 Å². The number of benzene rings is 1. The van der Waals surface area contributed by atoms with Gasteiger partial charge in [-0.15, -0.1) is 0 Å². The topological polar surface area (TPSA) is 50.1 Å². The van der Waals surface area contributed by atoms with Gasteiger partial charge < -0.3 is 4.74 Å². The number of methoxy groups -OCH3 is 1. The average Bonchev–Trinajstić information content (AvgIpc) is 2.30. The van der Waals surface area contributed by atoms with E-state index >= 15 is 0 Å². The van der Waals surface area contributed by atoms with Crippen molar-refractivity contribution in [3.63, 3.8) is 0 Å². The Hall–Kier alpha value is -2.15. The lowest BCUT2D eigenvalue weighted by Crippen LogP contribution is -2.05. The average molecular weight is 219 g/mol. The first-order valence-corrected chi connectivity index (χ1v) is 4.61. The maximum atomic E-state index is 13.7. The molecule has 0 aromatic heterocycles. The summed E-state index contributed by atoms with van der Waals surface area (Å²) in [6.07, 6.45) is 3.19. The van der Waals surface area contributed by atoms with Crippen LogP contribution in [0.5, 0.6) is 0 Å². The number of ether oxygens (including phenoxy) is 1. The van der Waals surface area contributed by atoms with Crippen molar-refractivity contribution in [3.05, 3.63) is 41.2 Å². The van der Waals surface area contributed by atoms with Gasteiger partial charge in [0.15, 0.2) is 0 Å². The summed E-state index contributed by atoms with van der Waals surface area (Å²) in [4.78, 5) is 11.2. The number of rotatable bonds is 3. The van der Waals surface area contributed by atoms with Crippen LogP contribution in [0.1, 0.15) is 22.3 Å². The molecule has 0 bridgehead atoms. The van der Waals surface area contributed by atoms with E-state index in [9.17, 15) is 9.18 Å². The zero-order chi connectivity index (χ0) is 12.0. The summed E-state index contributed by atoms with van der Waals surface area (Å²) in [5, 5.41) is 8.33. The van der Waals surface area contributed by atoms with Crippen LogP contribution in [-0.2, 0) is 4.74 Å². The summed E-state index contributed by atoms with van der Waals surface area (Å²) < 4.78 is 18.1. The normalized spacial score (nSPS) is 10.1. The quantitative estimate of drug-likeness (QED) is 0.734. The van der Waals surface area contributed by atoms with E-state index in [0.29, 0.717) is 0 Å². The Labute approximate surface area is 92.8 Å². The van der Waals surface area contributed by atoms with Crippen LogP contribution in [0.2, 0.25) is 0 Å². The molecule has 0 N–H and O–H groups in total. The first-order valence-electron chi connectivity index (χ1n) is 4.61. The molecular formula is C12H10FNO2. The van der Waals surface area contributed by atoms with Gasteiger partial charge in [-0.05, 0) is 6.07 Å². The van der Waals surface area contributed by atoms with Crippen molar-refractivity contribution in [1.29, 1.82) is 5.26 Å². The molecule has 0 saturated heterocycles. The second-order valence-corrected chi connectivity index (χ2v) is 2.96. The van der Waals surface area contributed by atoms with Gasteiger partial charge in [-0.2, -0.15) is 5.26 Å². The molecule has 0 saturated carbocycles. The van der Waals surface area contributed by atoms with E-state index in [4.69, 9.17) is 5.26 Å². The third-order valence-electron chi connectivity index (χ3n) is 1.94. The van der Waals surface area contributed by atoms with Crippen LogP contribution in [-0.4, -0.2) is 13.1 Å². The Balaban J connectivity index is 3.05. The lowest BCUT2D eigenvalue weighted by Gasteiger charge is -2.03. The third-order valence-corrected chi connectivity index (χ3v) is 1.94. The molecule has 1 aromatic carbocycles. The molecule has 0 amide bonds. The summed E-state index contributed by atoms with van der Waals surface area (Å²) in [5.41, 5.74) is 0.153. The Bertz CT molecular complexity index is 461. The molecule has 3 nitrogen and oxygen atoms in total. The van der Waals surface area contributed by atoms with E-state index in [1.54, 1.807) is 6.07 Å². The summed E-state index contributed by atoms with van der Waals surface area (Å²) in [7, 11) is 1.19. The van der Waals surface area contributed by atoms with Crippen LogP contribution < -0.4 is 0 Å². The van der Waals surface area contributed by atoms with Gasteiger partial charge in [0.25, 0.3) is 0 Å². The van der Waals surface area contributed by atoms with Gasteiger partial charge >= 0.3 is 5.97 Å². The molecule has 0 unspecified atom stereocenters. The smallest absolute Gasteiger partial charge is 0.340 e. The maximum absolute atomic E-state index is 13.7. The summed E-state index contributed by atoms with van der Waals surface area (Å²) in [5.74, 6) is -1.35. The van der Waals surface area contributed by atoms with Gasteiger partial charge in [0, 0.05) is 5.56 Å². The minimum Gasteiger partial charge on any atom is -0.465 e. The van der Waals surface area contributed by atoms with E-state index in [2.05, 4.69) is 4.74 Å². The minimum atomic E-state index is -0.715. The van der Waals surface area contributed by atoms with Crippen molar-refractivity contribution in [2.45, 2.75) is 6.42 Å². The fourth-order valence-electron chi connectivity index (χ4n) is 1.18. The molecule has 1 rings (SSSR count). The number of nitrogens with zero attached hydrogens (tertiary/aromatic N) is 1. The van der Waals surface area contributed by atoms with Crippen molar-refractivity contribution in [2.75, 3.05) is 7.11 Å². The number of carbonyl (C=O) groups excluding carboxylic acids is 1. The molecule has 0 heterocycles. The highest BCUT2D eigenvalue weighted by Gasteiger charge is 2.13. The molecule has 0 radical (unpaired) electrons. The van der Waals surface area contributed by atoms with E-state index in [1.807, 2.05) is 6.07 Å². The van der Waals surface area contributed by atoms with Crippen LogP contribution in [0.3, 0.4) is 0 Å². The second-order valence-electron chi connectivity index (χ2n) is 2.96. The molecule has 0 aliphatic carbocycles. The Morgan fingerprint density at radius 2 is 2.38 bits per heavy atom. The summed E-state index contributed by atoms with van der Waals surface area (Å²) >= 11 is 0. The molecule has 0 aliphatic rings. The van der Waals surface area contributed by atoms with Gasteiger partial charge in [0.05, 0.1) is 25.2 Å². The van der Waals surface area contributed by atoms with Gasteiger partial charge in [-0.1, -0.05) is 24.3 Å². The predicted molar refractivity (Wildman–Crippen MR) is 57.0 cm³/mol. The maximum Gasteiger partial charge on any atom is 0.340 e. The summed E-state index contributed by atoms with van der Waals surface area (Å²) in [6, 6.07) is 6.34. The molecule has 0 aliphatic heterocycles. The molecular weight excluding hydrogens is 209 g/mol. The predicted octanol–water partition coefficient (Wildman–Crippen LogP) is 2.54. The first-order chi connectivity index (χ1) is 7.70. The number of esters is 1. The van der Waals surface area contributed by atoms with Crippen LogP contribution in [0.25, 0.3) is 6.08 Å². The summed E-state index contributed by atoms with van der Waals surface area (Å²) in [6.45, 7) is 0. The second kappa shape index (κ2) is 5.66. The highest BCUT2D eigenvalue weighted by molar-refractivity contribution is 5.90. The number of hydrogen-bond acceptors (Lipinski definition) is 3. The van der Waals surface area contributed by atoms with E-state index in [-0.39, 0.29) is 17.5 Å². The number of allylic oxidation sites excluding steroid dienone is 1. The highest BCUT2D eigenvalue weighted by Crippen LogP contribution is 2.15. The molecule has 16 heavy (non-hydrogen) atoms. The zero-order valence-corrected chi connectivity index (χ0v) is 8.74. The Morgan fingerprint density at radius 1 is 1.62 bits per heavy atom. The number of halogens is 1. The van der Waals surface area contributed by atoms with Crippen LogP contribution in [0.15, 0.2) is 24.3 Å². The van der Waals surface area contributed by atoms with Gasteiger partial charge in [-0.3, -0.25) is 0 Å². The van der Waals surface area contributed by atoms with Crippen LogP contribution in [0, 0.1) is 17.1 Å². The Kier molecular flexibility index (Phi) is 4.22. The van der Waals surface area contributed by atoms with Gasteiger partial charge in [0.2, 0.25) is 0 Å². The van der Waals surface area contributed by atoms with Crippen molar-refractivity contribution >= 4 is 12.0 Å². The lowest BCUT2D eigenvalue weighted by molar-refractivity contribution is 0.0595. The van der Waals surface area contributed by atoms with Gasteiger partial charge in [0.1, 0.15) is 5.82 Å². The SMILES string of the molecule is COC(=O)c1cccc(C=CCC#N)c1F. The lowest BCUT2D eigenvalue weighted by atomic mass is 10.1. The fraction of sp³-hybridized carbons (Fsp3) is 0.167. The minimum absolute atomic E-state index is 0.110. The molecule has 4 heteroatoms. The van der Waals surface area contributed by atoms with E-state index in [1.165, 1.54) is 31.4 Å². The van der Waals surface area contributed by atoms with Crippen LogP contribution in [0.4, 0.5) is 4.39 Å². The number of hydrogen-bond donors (Lipinski definition) is 0. The monoisotopic (exact) mass is 219 g/mol. The van der Waals surface area contributed by atoms with E-state index in [0.717, 1.165) is 0 Å². The van der Waals surface area contributed by atoms with Gasteiger partial charge in [-0.25, -0.2) is 9.18 Å². The molecule has 0 fully saturated rings. The molecule has 82 valence electrons. The molecule has 1 aromatic rings. The first kappa shape index (κ1) is 11.9. The van der Waals surface area contributed by atoms with Crippen LogP contribution >= 0.6 is 0 Å². The largest absolute Gasteiger partial charge is 0.465 e. The van der Waals surface area contributed by atoms with Crippen molar-refractivity contribution in [2.24, 2.45) is 0 Å². The molecule has 0 spiro atoms. The molecule has 0 atom stereocenters. The van der Waals surface area contributed by atoms with Crippen molar-refractivity contribution in [3.8, 4) is 6.07 Å². The number of nitriles is 1. The zero-order valence-electron chi connectivity index (χ0n) is 8.74. The number of carbonyl (C=O) groups is 1. The standard InChI is InChI=1S/C12H10FNO2/c1-16-12(15)10-7-4-6-9(11(10)13)5-2-3-8-14/h2,4-7H,3H2,1H3. The Morgan fingerprint density at radius 3 is 3.00 bits per heavy atom. The van der Waals surface area contributed by atoms with Crippen molar-refractivity contribution in [1.82, 2.24) is 0 Å². The third kappa shape index (κ3) is 2.67. The fourth-order valence-corrected chi connectivity index (χ4v) is 1.18.